The van der Waals surface area contributed by atoms with Crippen LogP contribution in [0.1, 0.15) is 16.7 Å². The molecular weight excluding hydrogens is 220 g/mol. The smallest absolute Gasteiger partial charge is 0.0721 e. The highest BCUT2D eigenvalue weighted by Gasteiger charge is 1.91. The van der Waals surface area contributed by atoms with Gasteiger partial charge in [0.05, 0.1) is 13.2 Å². The van der Waals surface area contributed by atoms with Gasteiger partial charge in [-0.05, 0) is 23.6 Å². The molecule has 0 aliphatic heterocycles. The topological polar surface area (TPSA) is 9.23 Å². The van der Waals surface area contributed by atoms with Gasteiger partial charge in [-0.1, -0.05) is 66.7 Å². The van der Waals surface area contributed by atoms with Gasteiger partial charge in [-0.15, -0.1) is 0 Å². The van der Waals surface area contributed by atoms with E-state index < -0.39 is 0 Å². The lowest BCUT2D eigenvalue weighted by Crippen LogP contribution is -1.92. The zero-order valence-electron chi connectivity index (χ0n) is 10.7. The number of ether oxygens (including phenoxy) is 1. The fourth-order valence-electron chi connectivity index (χ4n) is 1.77. The summed E-state index contributed by atoms with van der Waals surface area (Å²) < 4.78 is 5.59. The molecule has 1 heteroatoms. The van der Waals surface area contributed by atoms with Crippen LogP contribution in [0.15, 0.2) is 60.7 Å². The summed E-state index contributed by atoms with van der Waals surface area (Å²) in [4.78, 5) is 0. The Balaban J connectivity index is 1.77. The normalized spacial score (nSPS) is 10.9. The molecule has 0 spiro atoms. The van der Waals surface area contributed by atoms with E-state index >= 15 is 0 Å². The number of hydrogen-bond acceptors (Lipinski definition) is 1. The summed E-state index contributed by atoms with van der Waals surface area (Å²) in [6.45, 7) is 3.42. The SMILES string of the molecule is Cc1ccccc1/C=C/COCc1ccccc1. The van der Waals surface area contributed by atoms with E-state index in [4.69, 9.17) is 4.74 Å². The summed E-state index contributed by atoms with van der Waals surface area (Å²) >= 11 is 0. The third kappa shape index (κ3) is 3.86. The van der Waals surface area contributed by atoms with Gasteiger partial charge in [0.1, 0.15) is 0 Å². The first-order valence-corrected chi connectivity index (χ1v) is 6.20. The van der Waals surface area contributed by atoms with E-state index in [2.05, 4.69) is 55.5 Å². The Hall–Kier alpha value is -1.86. The van der Waals surface area contributed by atoms with Crippen LogP contribution in [0, 0.1) is 6.92 Å². The van der Waals surface area contributed by atoms with E-state index in [1.807, 2.05) is 18.2 Å². The Labute approximate surface area is 109 Å². The minimum Gasteiger partial charge on any atom is -0.373 e. The van der Waals surface area contributed by atoms with E-state index in [1.165, 1.54) is 16.7 Å². The number of rotatable bonds is 5. The van der Waals surface area contributed by atoms with Gasteiger partial charge in [0.2, 0.25) is 0 Å². The maximum absolute atomic E-state index is 5.59. The standard InChI is InChI=1S/C17H18O/c1-15-8-5-6-11-17(15)12-7-13-18-14-16-9-3-2-4-10-16/h2-12H,13-14H2,1H3/b12-7+. The average Bonchev–Trinajstić information content (AvgIpc) is 2.42. The van der Waals surface area contributed by atoms with Crippen molar-refractivity contribution < 1.29 is 4.74 Å². The zero-order chi connectivity index (χ0) is 12.6. The van der Waals surface area contributed by atoms with Crippen molar-refractivity contribution in [3.63, 3.8) is 0 Å². The van der Waals surface area contributed by atoms with E-state index in [0.717, 1.165) is 0 Å². The molecule has 0 atom stereocenters. The Kier molecular flexibility index (Phi) is 4.74. The van der Waals surface area contributed by atoms with Crippen molar-refractivity contribution in [1.82, 2.24) is 0 Å². The molecule has 2 aromatic carbocycles. The molecule has 2 rings (SSSR count). The van der Waals surface area contributed by atoms with Crippen LogP contribution in [0.4, 0.5) is 0 Å². The van der Waals surface area contributed by atoms with Crippen LogP contribution >= 0.6 is 0 Å². The number of hydrogen-bond donors (Lipinski definition) is 0. The highest BCUT2D eigenvalue weighted by atomic mass is 16.5. The molecule has 0 N–H and O–H groups in total. The van der Waals surface area contributed by atoms with Crippen molar-refractivity contribution in [1.29, 1.82) is 0 Å². The molecule has 0 saturated carbocycles. The predicted molar refractivity (Wildman–Crippen MR) is 76.3 cm³/mol. The summed E-state index contributed by atoms with van der Waals surface area (Å²) in [5, 5.41) is 0. The third-order valence-corrected chi connectivity index (χ3v) is 2.81. The number of benzene rings is 2. The van der Waals surface area contributed by atoms with Crippen molar-refractivity contribution in [2.24, 2.45) is 0 Å². The molecule has 0 aliphatic carbocycles. The van der Waals surface area contributed by atoms with Crippen LogP contribution in [0.5, 0.6) is 0 Å². The van der Waals surface area contributed by atoms with Crippen LogP contribution in [0.2, 0.25) is 0 Å². The highest BCUT2D eigenvalue weighted by Crippen LogP contribution is 2.08. The van der Waals surface area contributed by atoms with Crippen molar-refractivity contribution >= 4 is 6.08 Å². The lowest BCUT2D eigenvalue weighted by molar-refractivity contribution is 0.149. The fraction of sp³-hybridized carbons (Fsp3) is 0.176. The first-order chi connectivity index (χ1) is 8.86. The van der Waals surface area contributed by atoms with Crippen LogP contribution in [-0.2, 0) is 11.3 Å². The molecule has 0 bridgehead atoms. The number of aryl methyl sites for hydroxylation is 1. The van der Waals surface area contributed by atoms with E-state index in [9.17, 15) is 0 Å². The van der Waals surface area contributed by atoms with Gasteiger partial charge in [-0.2, -0.15) is 0 Å². The first kappa shape index (κ1) is 12.6. The summed E-state index contributed by atoms with van der Waals surface area (Å²) in [6.07, 6.45) is 4.17. The van der Waals surface area contributed by atoms with Crippen LogP contribution in [0.3, 0.4) is 0 Å². The molecular formula is C17H18O. The Morgan fingerprint density at radius 2 is 1.67 bits per heavy atom. The molecule has 0 fully saturated rings. The van der Waals surface area contributed by atoms with Crippen molar-refractivity contribution in [3.05, 3.63) is 77.4 Å². The molecule has 2 aromatic rings. The van der Waals surface area contributed by atoms with Crippen LogP contribution < -0.4 is 0 Å². The second-order valence-electron chi connectivity index (χ2n) is 4.26. The molecule has 18 heavy (non-hydrogen) atoms. The highest BCUT2D eigenvalue weighted by molar-refractivity contribution is 5.53. The molecule has 0 radical (unpaired) electrons. The maximum Gasteiger partial charge on any atom is 0.0721 e. The predicted octanol–water partition coefficient (Wildman–Crippen LogP) is 4.23. The Bertz CT molecular complexity index is 500. The van der Waals surface area contributed by atoms with E-state index in [1.54, 1.807) is 0 Å². The van der Waals surface area contributed by atoms with Crippen molar-refractivity contribution in [2.75, 3.05) is 6.61 Å². The molecule has 0 amide bonds. The van der Waals surface area contributed by atoms with Crippen LogP contribution in [0.25, 0.3) is 6.08 Å². The Morgan fingerprint density at radius 3 is 2.44 bits per heavy atom. The maximum atomic E-state index is 5.59. The van der Waals surface area contributed by atoms with Gasteiger partial charge in [-0.25, -0.2) is 0 Å². The molecule has 0 aromatic heterocycles. The summed E-state index contributed by atoms with van der Waals surface area (Å²) in [5.41, 5.74) is 3.75. The summed E-state index contributed by atoms with van der Waals surface area (Å²) in [6, 6.07) is 18.6. The first-order valence-electron chi connectivity index (χ1n) is 6.20. The van der Waals surface area contributed by atoms with Gasteiger partial charge in [0.15, 0.2) is 0 Å². The third-order valence-electron chi connectivity index (χ3n) is 2.81. The summed E-state index contributed by atoms with van der Waals surface area (Å²) in [7, 11) is 0. The van der Waals surface area contributed by atoms with E-state index in [-0.39, 0.29) is 0 Å². The second kappa shape index (κ2) is 6.77. The largest absolute Gasteiger partial charge is 0.373 e. The molecule has 0 saturated heterocycles. The van der Waals surface area contributed by atoms with Crippen molar-refractivity contribution in [3.8, 4) is 0 Å². The minimum atomic E-state index is 0.642. The molecule has 92 valence electrons. The van der Waals surface area contributed by atoms with Crippen LogP contribution in [-0.4, -0.2) is 6.61 Å². The van der Waals surface area contributed by atoms with Gasteiger partial charge in [0.25, 0.3) is 0 Å². The zero-order valence-corrected chi connectivity index (χ0v) is 10.7. The molecule has 0 heterocycles. The van der Waals surface area contributed by atoms with Gasteiger partial charge < -0.3 is 4.74 Å². The molecule has 0 aliphatic rings. The quantitative estimate of drug-likeness (QED) is 0.708. The minimum absolute atomic E-state index is 0.642. The Morgan fingerprint density at radius 1 is 0.944 bits per heavy atom. The van der Waals surface area contributed by atoms with Gasteiger partial charge >= 0.3 is 0 Å². The molecule has 0 unspecified atom stereocenters. The lowest BCUT2D eigenvalue weighted by Gasteiger charge is -2.01. The van der Waals surface area contributed by atoms with Crippen molar-refractivity contribution in [2.45, 2.75) is 13.5 Å². The average molecular weight is 238 g/mol. The molecule has 1 nitrogen and oxygen atoms in total. The van der Waals surface area contributed by atoms with Gasteiger partial charge in [-0.3, -0.25) is 0 Å². The monoisotopic (exact) mass is 238 g/mol. The van der Waals surface area contributed by atoms with E-state index in [0.29, 0.717) is 13.2 Å². The fourth-order valence-corrected chi connectivity index (χ4v) is 1.77. The summed E-state index contributed by atoms with van der Waals surface area (Å²) in [5.74, 6) is 0. The second-order valence-corrected chi connectivity index (χ2v) is 4.26. The van der Waals surface area contributed by atoms with Gasteiger partial charge in [0, 0.05) is 0 Å². The lowest BCUT2D eigenvalue weighted by atomic mass is 10.1.